The molecule has 5 nitrogen and oxygen atoms in total. The van der Waals surface area contributed by atoms with Gasteiger partial charge in [-0.15, -0.1) is 11.8 Å². The maximum atomic E-state index is 12.8. The lowest BCUT2D eigenvalue weighted by molar-refractivity contribution is -0.112. The van der Waals surface area contributed by atoms with Gasteiger partial charge in [0.1, 0.15) is 11.5 Å². The van der Waals surface area contributed by atoms with E-state index in [9.17, 15) is 4.79 Å². The van der Waals surface area contributed by atoms with Gasteiger partial charge < -0.3 is 10.6 Å². The van der Waals surface area contributed by atoms with Crippen LogP contribution in [0.1, 0.15) is 5.56 Å². The van der Waals surface area contributed by atoms with E-state index in [0.717, 1.165) is 10.5 Å². The fourth-order valence-corrected chi connectivity index (χ4v) is 3.50. The average Bonchev–Trinajstić information content (AvgIpc) is 2.57. The highest BCUT2D eigenvalue weighted by Crippen LogP contribution is 2.32. The number of nitrogens with zero attached hydrogens (tertiary/aromatic N) is 1. The summed E-state index contributed by atoms with van der Waals surface area (Å²) in [7, 11) is 0. The fourth-order valence-electron chi connectivity index (χ4n) is 2.10. The molecule has 1 heterocycles. The Bertz CT molecular complexity index is 889. The number of anilines is 2. The van der Waals surface area contributed by atoms with Crippen molar-refractivity contribution in [1.29, 1.82) is 5.41 Å². The van der Waals surface area contributed by atoms with Gasteiger partial charge in [-0.25, -0.2) is 4.98 Å². The molecule has 2 rings (SSSR count). The molecule has 1 aromatic carbocycles. The van der Waals surface area contributed by atoms with Crippen molar-refractivity contribution in [2.45, 2.75) is 11.8 Å². The van der Waals surface area contributed by atoms with Crippen molar-refractivity contribution in [3.63, 3.8) is 0 Å². The van der Waals surface area contributed by atoms with Crippen LogP contribution < -0.4 is 10.6 Å². The van der Waals surface area contributed by atoms with E-state index in [4.69, 9.17) is 28.6 Å². The number of pyridine rings is 1. The number of benzene rings is 1. The van der Waals surface area contributed by atoms with E-state index < -0.39 is 5.91 Å². The maximum absolute atomic E-state index is 12.8. The van der Waals surface area contributed by atoms with Crippen LogP contribution in [0.5, 0.6) is 0 Å². The Hall–Kier alpha value is -1.54. The summed E-state index contributed by atoms with van der Waals surface area (Å²) in [4.78, 5) is 17.7. The Morgan fingerprint density at radius 3 is 2.69 bits per heavy atom. The highest BCUT2D eigenvalue weighted by molar-refractivity contribution is 9.18. The van der Waals surface area contributed by atoms with E-state index >= 15 is 0 Å². The van der Waals surface area contributed by atoms with Gasteiger partial charge in [-0.05, 0) is 65.0 Å². The van der Waals surface area contributed by atoms with Crippen molar-refractivity contribution < 1.29 is 4.79 Å². The smallest absolute Gasteiger partial charge is 0.272 e. The van der Waals surface area contributed by atoms with Gasteiger partial charge >= 0.3 is 0 Å². The molecule has 0 aliphatic heterocycles. The summed E-state index contributed by atoms with van der Waals surface area (Å²) >= 11 is 16.7. The van der Waals surface area contributed by atoms with Crippen molar-refractivity contribution in [2.24, 2.45) is 0 Å². The number of halogens is 3. The quantitative estimate of drug-likeness (QED) is 0.284. The molecule has 2 aromatic rings. The lowest BCUT2D eigenvalue weighted by atomic mass is 10.2. The fraction of sp³-hybridized carbons (Fsp3) is 0.118. The summed E-state index contributed by atoms with van der Waals surface area (Å²) in [5.74, 6) is -0.112. The van der Waals surface area contributed by atoms with E-state index in [2.05, 4.69) is 31.5 Å². The van der Waals surface area contributed by atoms with Crippen LogP contribution in [0.2, 0.25) is 10.0 Å². The van der Waals surface area contributed by atoms with Crippen molar-refractivity contribution in [1.82, 2.24) is 4.98 Å². The van der Waals surface area contributed by atoms with Crippen LogP contribution in [-0.2, 0) is 4.79 Å². The Kier molecular flexibility index (Phi) is 7.52. The summed E-state index contributed by atoms with van der Waals surface area (Å²) < 4.78 is 0.0279. The zero-order valence-electron chi connectivity index (χ0n) is 13.9. The number of aryl methyl sites for hydroxylation is 1. The Morgan fingerprint density at radius 1 is 1.35 bits per heavy atom. The Morgan fingerprint density at radius 2 is 2.08 bits per heavy atom. The molecule has 0 saturated carbocycles. The van der Waals surface area contributed by atoms with Gasteiger partial charge in [0.25, 0.3) is 5.91 Å². The van der Waals surface area contributed by atoms with Gasteiger partial charge in [-0.3, -0.25) is 10.2 Å². The predicted molar refractivity (Wildman–Crippen MR) is 114 cm³/mol. The SMILES string of the molecule is CSc1cc(Cl)cc(C)c1NC(=O)/C(=C/C(=N)Br)Nc1ncccc1Cl. The van der Waals surface area contributed by atoms with Crippen LogP contribution in [0.4, 0.5) is 11.5 Å². The van der Waals surface area contributed by atoms with Crippen LogP contribution >= 0.6 is 50.9 Å². The van der Waals surface area contributed by atoms with E-state index in [1.54, 1.807) is 30.5 Å². The molecular formula is C17H15BrCl2N4OS. The summed E-state index contributed by atoms with van der Waals surface area (Å²) in [6.07, 6.45) is 4.79. The third kappa shape index (κ3) is 5.48. The molecule has 9 heteroatoms. The number of carbonyl (C=O) groups excluding carboxylic acids is 1. The summed E-state index contributed by atoms with van der Waals surface area (Å²) in [5.41, 5.74) is 1.61. The van der Waals surface area contributed by atoms with Crippen molar-refractivity contribution in [3.05, 3.63) is 57.8 Å². The number of nitrogens with one attached hydrogen (secondary N) is 3. The minimum atomic E-state index is -0.434. The number of thioether (sulfide) groups is 1. The first-order chi connectivity index (χ1) is 12.3. The van der Waals surface area contributed by atoms with Crippen LogP contribution in [0.25, 0.3) is 0 Å². The predicted octanol–water partition coefficient (Wildman–Crippen LogP) is 5.73. The number of amides is 1. The van der Waals surface area contributed by atoms with E-state index in [1.165, 1.54) is 17.8 Å². The number of carbonyl (C=O) groups is 1. The third-order valence-electron chi connectivity index (χ3n) is 3.25. The summed E-state index contributed by atoms with van der Waals surface area (Å²) in [5, 5.41) is 14.3. The van der Waals surface area contributed by atoms with Gasteiger partial charge in [-0.1, -0.05) is 23.2 Å². The first-order valence-corrected chi connectivity index (χ1v) is 10.1. The van der Waals surface area contributed by atoms with E-state index in [1.807, 2.05) is 13.2 Å². The second kappa shape index (κ2) is 9.41. The van der Waals surface area contributed by atoms with Crippen LogP contribution in [0.15, 0.2) is 47.1 Å². The van der Waals surface area contributed by atoms with Gasteiger partial charge in [0.05, 0.1) is 15.3 Å². The number of allylic oxidation sites excluding steroid dienone is 1. The average molecular weight is 474 g/mol. The maximum Gasteiger partial charge on any atom is 0.272 e. The van der Waals surface area contributed by atoms with Crippen LogP contribution in [0, 0.1) is 12.3 Å². The molecule has 0 fully saturated rings. The molecule has 26 heavy (non-hydrogen) atoms. The van der Waals surface area contributed by atoms with Crippen LogP contribution in [0.3, 0.4) is 0 Å². The zero-order chi connectivity index (χ0) is 19.3. The molecule has 0 saturated heterocycles. The minimum absolute atomic E-state index is 0.0279. The normalized spacial score (nSPS) is 11.2. The Balaban J connectivity index is 2.34. The highest BCUT2D eigenvalue weighted by Gasteiger charge is 2.16. The number of hydrogen-bond donors (Lipinski definition) is 3. The highest BCUT2D eigenvalue weighted by atomic mass is 79.9. The van der Waals surface area contributed by atoms with Crippen molar-refractivity contribution in [2.75, 3.05) is 16.9 Å². The molecule has 0 unspecified atom stereocenters. The van der Waals surface area contributed by atoms with Gasteiger partial charge in [0.2, 0.25) is 0 Å². The molecule has 0 aliphatic rings. The van der Waals surface area contributed by atoms with E-state index in [-0.39, 0.29) is 10.3 Å². The minimum Gasteiger partial charge on any atom is -0.334 e. The zero-order valence-corrected chi connectivity index (χ0v) is 17.8. The second-order valence-corrected chi connectivity index (χ2v) is 7.66. The van der Waals surface area contributed by atoms with Gasteiger partial charge in [-0.2, -0.15) is 0 Å². The first kappa shape index (κ1) is 20.8. The molecule has 0 spiro atoms. The topological polar surface area (TPSA) is 77.9 Å². The molecule has 3 N–H and O–H groups in total. The molecule has 0 aliphatic carbocycles. The van der Waals surface area contributed by atoms with Crippen LogP contribution in [-0.4, -0.2) is 21.8 Å². The van der Waals surface area contributed by atoms with Crippen molar-refractivity contribution in [3.8, 4) is 0 Å². The second-order valence-electron chi connectivity index (χ2n) is 5.12. The molecule has 136 valence electrons. The lowest BCUT2D eigenvalue weighted by Crippen LogP contribution is -2.22. The Labute approximate surface area is 174 Å². The molecule has 1 aromatic heterocycles. The standard InChI is InChI=1S/C17H15BrCl2N4OS/c1-9-6-10(19)7-13(26-2)15(9)24-17(25)12(8-14(18)21)23-16-11(20)4-3-5-22-16/h3-8,21H,1-2H3,(H,22,23)(H,24,25)/b12-8-,21-14?. The molecule has 0 atom stereocenters. The molecule has 0 radical (unpaired) electrons. The number of aromatic nitrogens is 1. The third-order valence-corrected chi connectivity index (χ3v) is 4.76. The summed E-state index contributed by atoms with van der Waals surface area (Å²) in [6, 6.07) is 6.90. The summed E-state index contributed by atoms with van der Waals surface area (Å²) in [6.45, 7) is 1.86. The lowest BCUT2D eigenvalue weighted by Gasteiger charge is -2.16. The molecule has 0 bridgehead atoms. The van der Waals surface area contributed by atoms with Gasteiger partial charge in [0, 0.05) is 16.1 Å². The number of hydrogen-bond acceptors (Lipinski definition) is 5. The van der Waals surface area contributed by atoms with Crippen molar-refractivity contribution >= 4 is 72.9 Å². The molecular weight excluding hydrogens is 459 g/mol. The molecule has 1 amide bonds. The largest absolute Gasteiger partial charge is 0.334 e. The van der Waals surface area contributed by atoms with Gasteiger partial charge in [0.15, 0.2) is 0 Å². The number of rotatable bonds is 6. The van der Waals surface area contributed by atoms with E-state index in [0.29, 0.717) is 21.6 Å². The monoisotopic (exact) mass is 472 g/mol. The first-order valence-electron chi connectivity index (χ1n) is 7.30.